The number of amides is 1. The molecule has 11 heteroatoms. The molecule has 2 aliphatic carbocycles. The molecule has 5 atom stereocenters. The highest BCUT2D eigenvalue weighted by Crippen LogP contribution is 2.44. The first kappa shape index (κ1) is 41.0. The molecule has 61 heavy (non-hydrogen) atoms. The van der Waals surface area contributed by atoms with Crippen LogP contribution in [-0.4, -0.2) is 127 Å². The van der Waals surface area contributed by atoms with Crippen LogP contribution in [0.3, 0.4) is 0 Å². The van der Waals surface area contributed by atoms with Gasteiger partial charge < -0.3 is 25.0 Å². The fourth-order valence-corrected chi connectivity index (χ4v) is 11.5. The van der Waals surface area contributed by atoms with Gasteiger partial charge in [-0.15, -0.1) is 0 Å². The number of benzene rings is 2. The molecule has 1 amide bonds. The molecule has 2 aromatic heterocycles. The normalized spacial score (nSPS) is 25.4. The zero-order chi connectivity index (χ0) is 41.3. The molecule has 1 unspecified atom stereocenters. The van der Waals surface area contributed by atoms with E-state index >= 15 is 0 Å². The molecule has 0 saturated carbocycles. The number of carbonyl (C=O) groups excluding carboxylic acids is 1. The number of ether oxygens (including phenoxy) is 2. The van der Waals surface area contributed by atoms with Gasteiger partial charge in [0.05, 0.1) is 49.9 Å². The van der Waals surface area contributed by atoms with E-state index in [9.17, 15) is 4.79 Å². The number of carbonyl (C=O) groups is 1. The summed E-state index contributed by atoms with van der Waals surface area (Å²) in [5, 5.41) is 7.82. The maximum absolute atomic E-state index is 13.7. The first-order valence-electron chi connectivity index (χ1n) is 23.1. The van der Waals surface area contributed by atoms with Crippen LogP contribution in [0.2, 0.25) is 0 Å². The van der Waals surface area contributed by atoms with Gasteiger partial charge in [-0.1, -0.05) is 36.4 Å². The maximum Gasteiger partial charge on any atom is 0.254 e. The number of nitrogens with one attached hydrogen (secondary N) is 2. The average molecular weight is 825 g/mol. The van der Waals surface area contributed by atoms with E-state index in [-0.39, 0.29) is 18.0 Å². The lowest BCUT2D eigenvalue weighted by atomic mass is 9.76. The second-order valence-electron chi connectivity index (χ2n) is 18.6. The molecule has 6 heterocycles. The first-order valence-corrected chi connectivity index (χ1v) is 23.1. The number of pyridine rings is 2. The molecule has 0 radical (unpaired) electrons. The molecule has 11 nitrogen and oxygen atoms in total. The Morgan fingerprint density at radius 2 is 1.41 bits per heavy atom. The van der Waals surface area contributed by atoms with Crippen LogP contribution in [0.25, 0.3) is 0 Å². The SMILES string of the molecule is CN(C[C@@H]1Cc2c(cc(C3CC[C@H](N(C)C[C@H]4Cc5c(cccc5C(=O)N5CCOCC5)CN4)c4ncccc43)cc2CN2CCOCC2)CN1)[C@H]1CCCc2cccnc21. The van der Waals surface area contributed by atoms with E-state index in [1.165, 1.54) is 63.2 Å². The molecule has 0 bridgehead atoms. The van der Waals surface area contributed by atoms with Gasteiger partial charge in [0, 0.05) is 94.9 Å². The fraction of sp³-hybridized carbons (Fsp3) is 0.540. The number of hydrogen-bond donors (Lipinski definition) is 2. The summed E-state index contributed by atoms with van der Waals surface area (Å²) in [4.78, 5) is 33.3. The van der Waals surface area contributed by atoms with Crippen molar-refractivity contribution >= 4 is 5.91 Å². The van der Waals surface area contributed by atoms with Crippen LogP contribution < -0.4 is 10.6 Å². The Kier molecular flexibility index (Phi) is 12.3. The van der Waals surface area contributed by atoms with E-state index in [0.717, 1.165) is 96.7 Å². The first-order chi connectivity index (χ1) is 30.0. The molecular formula is C50H64N8O3. The molecule has 10 rings (SSSR count). The van der Waals surface area contributed by atoms with Crippen molar-refractivity contribution < 1.29 is 14.3 Å². The van der Waals surface area contributed by atoms with Crippen molar-refractivity contribution in [2.45, 2.75) is 94.7 Å². The van der Waals surface area contributed by atoms with Crippen molar-refractivity contribution in [3.63, 3.8) is 0 Å². The van der Waals surface area contributed by atoms with Crippen molar-refractivity contribution in [3.8, 4) is 0 Å². The summed E-state index contributed by atoms with van der Waals surface area (Å²) in [7, 11) is 4.58. The Bertz CT molecular complexity index is 2190. The Hall–Kier alpha value is -4.07. The molecular weight excluding hydrogens is 761 g/mol. The molecule has 6 aliphatic rings. The number of morpholine rings is 2. The predicted octanol–water partition coefficient (Wildman–Crippen LogP) is 5.42. The minimum Gasteiger partial charge on any atom is -0.379 e. The molecule has 2 fully saturated rings. The molecule has 4 aromatic rings. The van der Waals surface area contributed by atoms with Gasteiger partial charge in [-0.05, 0) is 122 Å². The lowest BCUT2D eigenvalue weighted by Crippen LogP contribution is -2.46. The second-order valence-corrected chi connectivity index (χ2v) is 18.6. The molecule has 322 valence electrons. The van der Waals surface area contributed by atoms with Gasteiger partial charge in [0.1, 0.15) is 0 Å². The third kappa shape index (κ3) is 8.68. The largest absolute Gasteiger partial charge is 0.379 e. The van der Waals surface area contributed by atoms with E-state index in [1.54, 1.807) is 5.56 Å². The summed E-state index contributed by atoms with van der Waals surface area (Å²) in [6, 6.07) is 21.4. The van der Waals surface area contributed by atoms with Crippen molar-refractivity contribution in [1.29, 1.82) is 0 Å². The smallest absolute Gasteiger partial charge is 0.254 e. The number of hydrogen-bond acceptors (Lipinski definition) is 10. The van der Waals surface area contributed by atoms with Gasteiger partial charge in [0.2, 0.25) is 0 Å². The minimum absolute atomic E-state index is 0.142. The summed E-state index contributed by atoms with van der Waals surface area (Å²) in [5.41, 5.74) is 14.5. The number of likely N-dealkylation sites (N-methyl/N-ethyl adjacent to an activating group) is 2. The van der Waals surface area contributed by atoms with Gasteiger partial charge in [-0.3, -0.25) is 29.5 Å². The average Bonchev–Trinajstić information content (AvgIpc) is 3.31. The quantitative estimate of drug-likeness (QED) is 0.216. The van der Waals surface area contributed by atoms with Crippen molar-refractivity contribution in [2.75, 3.05) is 79.8 Å². The lowest BCUT2D eigenvalue weighted by Gasteiger charge is -2.39. The van der Waals surface area contributed by atoms with Gasteiger partial charge in [-0.2, -0.15) is 0 Å². The van der Waals surface area contributed by atoms with E-state index in [0.29, 0.717) is 44.3 Å². The number of aryl methyl sites for hydroxylation is 1. The highest BCUT2D eigenvalue weighted by atomic mass is 16.5. The monoisotopic (exact) mass is 825 g/mol. The van der Waals surface area contributed by atoms with Gasteiger partial charge >= 0.3 is 0 Å². The number of rotatable bonds is 10. The van der Waals surface area contributed by atoms with Crippen LogP contribution in [0.15, 0.2) is 67.0 Å². The van der Waals surface area contributed by atoms with Crippen LogP contribution >= 0.6 is 0 Å². The highest BCUT2D eigenvalue weighted by molar-refractivity contribution is 5.96. The zero-order valence-electron chi connectivity index (χ0n) is 36.3. The van der Waals surface area contributed by atoms with E-state index < -0.39 is 0 Å². The Morgan fingerprint density at radius 3 is 2.20 bits per heavy atom. The third-order valence-corrected chi connectivity index (χ3v) is 14.8. The fourth-order valence-electron chi connectivity index (χ4n) is 11.5. The molecule has 0 spiro atoms. The summed E-state index contributed by atoms with van der Waals surface area (Å²) in [5.74, 6) is 0.446. The zero-order valence-corrected chi connectivity index (χ0v) is 36.3. The highest BCUT2D eigenvalue weighted by Gasteiger charge is 2.36. The molecule has 2 N–H and O–H groups in total. The summed E-state index contributed by atoms with van der Waals surface area (Å²) in [6.45, 7) is 10.7. The predicted molar refractivity (Wildman–Crippen MR) is 238 cm³/mol. The summed E-state index contributed by atoms with van der Waals surface area (Å²) in [6.07, 6.45) is 11.5. The topological polar surface area (TPSA) is 98.3 Å². The maximum atomic E-state index is 13.7. The lowest BCUT2D eigenvalue weighted by molar-refractivity contribution is 0.0301. The van der Waals surface area contributed by atoms with Crippen molar-refractivity contribution in [2.24, 2.45) is 0 Å². The van der Waals surface area contributed by atoms with Gasteiger partial charge in [0.25, 0.3) is 5.91 Å². The Labute approximate surface area is 362 Å². The Morgan fingerprint density at radius 1 is 0.738 bits per heavy atom. The summed E-state index contributed by atoms with van der Waals surface area (Å²) < 4.78 is 11.3. The van der Waals surface area contributed by atoms with E-state index in [2.05, 4.69) is 81.9 Å². The van der Waals surface area contributed by atoms with Crippen LogP contribution in [-0.2, 0) is 48.4 Å². The van der Waals surface area contributed by atoms with Crippen LogP contribution in [0.1, 0.15) is 110 Å². The van der Waals surface area contributed by atoms with Crippen LogP contribution in [0.5, 0.6) is 0 Å². The Balaban J connectivity index is 0.867. The molecule has 2 saturated heterocycles. The third-order valence-electron chi connectivity index (χ3n) is 14.8. The van der Waals surface area contributed by atoms with E-state index in [1.807, 2.05) is 29.4 Å². The second kappa shape index (κ2) is 18.3. The van der Waals surface area contributed by atoms with Crippen LogP contribution in [0.4, 0.5) is 0 Å². The number of nitrogens with zero attached hydrogens (tertiary/aromatic N) is 6. The summed E-state index contributed by atoms with van der Waals surface area (Å²) >= 11 is 0. The number of fused-ring (bicyclic) bond motifs is 4. The minimum atomic E-state index is 0.142. The van der Waals surface area contributed by atoms with Gasteiger partial charge in [-0.25, -0.2) is 0 Å². The molecule has 2 aromatic carbocycles. The van der Waals surface area contributed by atoms with Crippen molar-refractivity contribution in [3.05, 3.63) is 128 Å². The van der Waals surface area contributed by atoms with Crippen LogP contribution in [0, 0.1) is 0 Å². The molecule has 4 aliphatic heterocycles. The number of aromatic nitrogens is 2. The standard InChI is InChI=1S/C50H64N8O3/c1-55(46-12-4-7-34-9-5-15-51-48(34)46)32-39-27-44-37(30-54-39)25-36(26-38(44)31-57-17-21-60-22-18-57)41-13-14-47(49-42(41)11-6-16-52-49)56(2)33-40-28-45-35(29-53-40)8-3-10-43(45)50(59)58-19-23-61-24-20-58/h3,5-6,8-11,15-16,25-26,39-41,46-47,53-54H,4,7,12-14,17-24,27-33H2,1-2H3/t39-,40+,41?,46-,47-/m0/s1. The van der Waals surface area contributed by atoms with Crippen molar-refractivity contribution in [1.82, 2.24) is 40.2 Å². The van der Waals surface area contributed by atoms with E-state index in [4.69, 9.17) is 19.4 Å². The van der Waals surface area contributed by atoms with Gasteiger partial charge in [0.15, 0.2) is 0 Å².